The van der Waals surface area contributed by atoms with Gasteiger partial charge in [-0.1, -0.05) is 50.2 Å². The highest BCUT2D eigenvalue weighted by Crippen LogP contribution is 2.26. The lowest BCUT2D eigenvalue weighted by molar-refractivity contribution is 0.112. The lowest BCUT2D eigenvalue weighted by Crippen LogP contribution is -2.10. The smallest absolute Gasteiger partial charge is 0.155 e. The Morgan fingerprint density at radius 3 is 2.35 bits per heavy atom. The van der Waals surface area contributed by atoms with Gasteiger partial charge in [-0.3, -0.25) is 4.79 Å². The summed E-state index contributed by atoms with van der Waals surface area (Å²) < 4.78 is 4.81. The van der Waals surface area contributed by atoms with E-state index in [1.54, 1.807) is 0 Å². The Balaban J connectivity index is 2.39. The third-order valence-electron chi connectivity index (χ3n) is 2.75. The molecule has 0 bridgehead atoms. The molecule has 1 heterocycles. The van der Waals surface area contributed by atoms with E-state index >= 15 is 0 Å². The van der Waals surface area contributed by atoms with E-state index in [0.29, 0.717) is 11.3 Å². The number of hydrogen-bond acceptors (Lipinski definition) is 3. The molecule has 0 fully saturated rings. The second-order valence-corrected chi connectivity index (χ2v) is 5.06. The van der Waals surface area contributed by atoms with Gasteiger partial charge in [0.15, 0.2) is 6.29 Å². The molecule has 0 spiro atoms. The first kappa shape index (κ1) is 11.6. The van der Waals surface area contributed by atoms with Crippen molar-refractivity contribution in [1.29, 1.82) is 0 Å². The summed E-state index contributed by atoms with van der Waals surface area (Å²) in [6, 6.07) is 8.04. The second-order valence-electron chi connectivity index (χ2n) is 5.06. The van der Waals surface area contributed by atoms with Gasteiger partial charge in [-0.05, 0) is 11.0 Å². The van der Waals surface area contributed by atoms with E-state index in [9.17, 15) is 4.79 Å². The molecule has 0 amide bonds. The zero-order chi connectivity index (χ0) is 12.5. The number of nitrogens with zero attached hydrogens (tertiary/aromatic N) is 1. The normalized spacial score (nSPS) is 11.5. The van der Waals surface area contributed by atoms with Crippen LogP contribution in [0.4, 0.5) is 0 Å². The molecule has 0 aliphatic rings. The van der Waals surface area contributed by atoms with Crippen molar-refractivity contribution < 1.29 is 9.32 Å². The Kier molecular flexibility index (Phi) is 2.84. The van der Waals surface area contributed by atoms with Crippen LogP contribution < -0.4 is 0 Å². The molecule has 88 valence electrons. The van der Waals surface area contributed by atoms with Crippen molar-refractivity contribution in [2.75, 3.05) is 0 Å². The molecule has 1 aromatic heterocycles. The molecule has 0 aliphatic heterocycles. The first-order valence-electron chi connectivity index (χ1n) is 5.53. The predicted molar refractivity (Wildman–Crippen MR) is 66.0 cm³/mol. The van der Waals surface area contributed by atoms with Gasteiger partial charge in [-0.15, -0.1) is 0 Å². The number of carbonyl (C=O) groups is 1. The van der Waals surface area contributed by atoms with Crippen LogP contribution >= 0.6 is 0 Å². The first-order chi connectivity index (χ1) is 8.02. The largest absolute Gasteiger partial charge is 0.363 e. The molecule has 0 aliphatic carbocycles. The van der Waals surface area contributed by atoms with Gasteiger partial charge in [0.2, 0.25) is 0 Å². The van der Waals surface area contributed by atoms with E-state index in [1.807, 2.05) is 12.1 Å². The van der Waals surface area contributed by atoms with Gasteiger partial charge in [0.25, 0.3) is 0 Å². The van der Waals surface area contributed by atoms with Crippen molar-refractivity contribution in [2.24, 2.45) is 0 Å². The molecular weight excluding hydrogens is 214 g/mol. The topological polar surface area (TPSA) is 43.1 Å². The molecule has 0 saturated heterocycles. The maximum Gasteiger partial charge on any atom is 0.155 e. The third-order valence-corrected chi connectivity index (χ3v) is 2.75. The van der Waals surface area contributed by atoms with E-state index in [4.69, 9.17) is 4.52 Å². The molecule has 0 unspecified atom stereocenters. The van der Waals surface area contributed by atoms with Gasteiger partial charge in [0.05, 0.1) is 5.56 Å². The minimum absolute atomic E-state index is 0.121. The standard InChI is InChI=1S/C14H15NO2/c1-14(2,3)12-6-4-10(5-7-12)13-11(8-16)9-17-15-13/h4-9H,1-3H3. The van der Waals surface area contributed by atoms with Crippen molar-refractivity contribution in [3.8, 4) is 11.3 Å². The molecule has 0 saturated carbocycles. The Labute approximate surface area is 100 Å². The van der Waals surface area contributed by atoms with Crippen molar-refractivity contribution in [3.63, 3.8) is 0 Å². The van der Waals surface area contributed by atoms with Crippen LogP contribution in [0.1, 0.15) is 36.7 Å². The highest BCUT2D eigenvalue weighted by molar-refractivity contribution is 5.84. The summed E-state index contributed by atoms with van der Waals surface area (Å²) in [6.07, 6.45) is 2.11. The molecule has 2 rings (SSSR count). The van der Waals surface area contributed by atoms with E-state index in [0.717, 1.165) is 11.8 Å². The van der Waals surface area contributed by atoms with Crippen molar-refractivity contribution in [2.45, 2.75) is 26.2 Å². The van der Waals surface area contributed by atoms with Crippen molar-refractivity contribution in [3.05, 3.63) is 41.7 Å². The molecule has 0 atom stereocenters. The van der Waals surface area contributed by atoms with E-state index < -0.39 is 0 Å². The van der Waals surface area contributed by atoms with Crippen LogP contribution in [-0.2, 0) is 5.41 Å². The summed E-state index contributed by atoms with van der Waals surface area (Å²) in [5, 5.41) is 3.84. The minimum atomic E-state index is 0.121. The van der Waals surface area contributed by atoms with E-state index in [2.05, 4.69) is 38.1 Å². The molecular formula is C14H15NO2. The Morgan fingerprint density at radius 2 is 1.82 bits per heavy atom. The van der Waals surface area contributed by atoms with Gasteiger partial charge in [0, 0.05) is 5.56 Å². The van der Waals surface area contributed by atoms with E-state index in [-0.39, 0.29) is 5.41 Å². The van der Waals surface area contributed by atoms with Crippen molar-refractivity contribution >= 4 is 6.29 Å². The second kappa shape index (κ2) is 4.17. The van der Waals surface area contributed by atoms with Gasteiger partial charge in [0.1, 0.15) is 12.0 Å². The molecule has 17 heavy (non-hydrogen) atoms. The van der Waals surface area contributed by atoms with Crippen molar-refractivity contribution in [1.82, 2.24) is 5.16 Å². The summed E-state index contributed by atoms with van der Waals surface area (Å²) in [4.78, 5) is 10.8. The minimum Gasteiger partial charge on any atom is -0.363 e. The summed E-state index contributed by atoms with van der Waals surface area (Å²) in [5.41, 5.74) is 3.34. The average molecular weight is 229 g/mol. The molecule has 3 heteroatoms. The van der Waals surface area contributed by atoms with Crippen LogP contribution in [0.3, 0.4) is 0 Å². The highest BCUT2D eigenvalue weighted by Gasteiger charge is 2.14. The number of aromatic nitrogens is 1. The lowest BCUT2D eigenvalue weighted by atomic mass is 9.86. The van der Waals surface area contributed by atoms with Gasteiger partial charge >= 0.3 is 0 Å². The predicted octanol–water partition coefficient (Wildman–Crippen LogP) is 3.45. The van der Waals surface area contributed by atoms with Gasteiger partial charge < -0.3 is 4.52 Å². The zero-order valence-electron chi connectivity index (χ0n) is 10.2. The highest BCUT2D eigenvalue weighted by atomic mass is 16.5. The SMILES string of the molecule is CC(C)(C)c1ccc(-c2nocc2C=O)cc1. The Bertz CT molecular complexity index is 518. The van der Waals surface area contributed by atoms with Crippen LogP contribution in [0.25, 0.3) is 11.3 Å². The average Bonchev–Trinajstić information content (AvgIpc) is 2.76. The maximum atomic E-state index is 10.8. The zero-order valence-corrected chi connectivity index (χ0v) is 10.2. The van der Waals surface area contributed by atoms with Gasteiger partial charge in [-0.2, -0.15) is 0 Å². The summed E-state index contributed by atoms with van der Waals surface area (Å²) in [7, 11) is 0. The lowest BCUT2D eigenvalue weighted by Gasteiger charge is -2.18. The van der Waals surface area contributed by atoms with Gasteiger partial charge in [-0.25, -0.2) is 0 Å². The summed E-state index contributed by atoms with van der Waals surface area (Å²) >= 11 is 0. The van der Waals surface area contributed by atoms with Crippen LogP contribution in [0.15, 0.2) is 35.1 Å². The molecule has 2 aromatic rings. The third kappa shape index (κ3) is 2.28. The van der Waals surface area contributed by atoms with Crippen LogP contribution in [0.5, 0.6) is 0 Å². The molecule has 0 radical (unpaired) electrons. The summed E-state index contributed by atoms with van der Waals surface area (Å²) in [5.74, 6) is 0. The van der Waals surface area contributed by atoms with Crippen LogP contribution in [0, 0.1) is 0 Å². The number of hydrogen-bond donors (Lipinski definition) is 0. The Morgan fingerprint density at radius 1 is 1.18 bits per heavy atom. The number of benzene rings is 1. The fraction of sp³-hybridized carbons (Fsp3) is 0.286. The number of aldehydes is 1. The fourth-order valence-electron chi connectivity index (χ4n) is 1.68. The maximum absolute atomic E-state index is 10.8. The Hall–Kier alpha value is -1.90. The summed E-state index contributed by atoms with van der Waals surface area (Å²) in [6.45, 7) is 6.48. The number of carbonyl (C=O) groups excluding carboxylic acids is 1. The monoisotopic (exact) mass is 229 g/mol. The quantitative estimate of drug-likeness (QED) is 0.741. The molecule has 0 N–H and O–H groups in total. The fourth-order valence-corrected chi connectivity index (χ4v) is 1.68. The first-order valence-corrected chi connectivity index (χ1v) is 5.53. The van der Waals surface area contributed by atoms with E-state index in [1.165, 1.54) is 11.8 Å². The van der Waals surface area contributed by atoms with Crippen LogP contribution in [-0.4, -0.2) is 11.4 Å². The molecule has 1 aromatic carbocycles. The number of rotatable bonds is 2. The molecule has 3 nitrogen and oxygen atoms in total. The van der Waals surface area contributed by atoms with Crippen LogP contribution in [0.2, 0.25) is 0 Å².